The van der Waals surface area contributed by atoms with E-state index in [1.54, 1.807) is 0 Å². The Hall–Kier alpha value is -9.38. The maximum Gasteiger partial charge on any atom is 0.132 e. The minimum Gasteiger partial charge on any atom is -0.457 e. The molecule has 0 fully saturated rings. The Bertz CT molecular complexity index is 4740. The second kappa shape index (κ2) is 18.6. The van der Waals surface area contributed by atoms with Crippen LogP contribution >= 0.6 is 0 Å². The van der Waals surface area contributed by atoms with Gasteiger partial charge in [0.1, 0.15) is 23.0 Å². The van der Waals surface area contributed by atoms with E-state index in [1.165, 1.54) is 77.5 Å². The lowest BCUT2D eigenvalue weighted by Gasteiger charge is -2.41. The smallest absolute Gasteiger partial charge is 0.132 e. The summed E-state index contributed by atoms with van der Waals surface area (Å²) in [5.74, 6) is 3.54. The zero-order valence-electron chi connectivity index (χ0n) is 52.7. The number of hydrogen-bond donors (Lipinski definition) is 0. The number of para-hydroxylation sites is 4. The molecule has 4 aliphatic rings. The molecule has 0 atom stereocenters. The maximum atomic E-state index is 7.19. The van der Waals surface area contributed by atoms with Crippen LogP contribution in [-0.2, 0) is 32.5 Å². The molecule has 11 aromatic carbocycles. The van der Waals surface area contributed by atoms with Crippen molar-refractivity contribution in [3.8, 4) is 50.9 Å². The molecule has 0 radical (unpaired) electrons. The molecule has 0 unspecified atom stereocenters. The topological polar surface area (TPSA) is 26.6 Å². The summed E-state index contributed by atoms with van der Waals surface area (Å²) >= 11 is 0. The number of nitrogens with zero attached hydrogens (tertiary/aromatic N) is 2. The number of ether oxygens (including phenoxy) is 2. The van der Waals surface area contributed by atoms with Gasteiger partial charge in [0.05, 0.1) is 38.9 Å². The highest BCUT2D eigenvalue weighted by Crippen LogP contribution is 2.67. The number of hydrogen-bond acceptors (Lipinski definition) is 3. The van der Waals surface area contributed by atoms with Crippen LogP contribution in [0.5, 0.6) is 23.0 Å². The first-order valence-electron chi connectivity index (χ1n) is 31.5. The molecule has 0 amide bonds. The monoisotopic (exact) mass is 1140 g/mol. The second-order valence-corrected chi connectivity index (χ2v) is 29.3. The van der Waals surface area contributed by atoms with Gasteiger partial charge < -0.3 is 18.9 Å². The van der Waals surface area contributed by atoms with Gasteiger partial charge in [-0.15, -0.1) is 0 Å². The molecule has 0 saturated carbocycles. The third kappa shape index (κ3) is 7.57. The van der Waals surface area contributed by atoms with E-state index in [0.29, 0.717) is 0 Å². The highest BCUT2D eigenvalue weighted by atomic mass is 16.5. The van der Waals surface area contributed by atoms with Crippen molar-refractivity contribution >= 4 is 38.9 Å². The fraction of sp³-hybridized carbons (Fsp3) is 0.214. The zero-order chi connectivity index (χ0) is 60.6. The van der Waals surface area contributed by atoms with Crippen molar-refractivity contribution in [1.29, 1.82) is 0 Å². The van der Waals surface area contributed by atoms with E-state index in [2.05, 4.69) is 323 Å². The minimum absolute atomic E-state index is 0.126. The molecule has 0 bridgehead atoms. The van der Waals surface area contributed by atoms with Gasteiger partial charge >= 0.3 is 0 Å². The van der Waals surface area contributed by atoms with Gasteiger partial charge in [0.15, 0.2) is 0 Å². The van der Waals surface area contributed by atoms with Crippen LogP contribution in [0.15, 0.2) is 231 Å². The Morgan fingerprint density at radius 2 is 0.693 bits per heavy atom. The molecule has 2 aliphatic carbocycles. The van der Waals surface area contributed by atoms with Crippen molar-refractivity contribution < 1.29 is 9.47 Å². The summed E-state index contributed by atoms with van der Waals surface area (Å²) in [5, 5.41) is 2.44. The van der Waals surface area contributed by atoms with Crippen molar-refractivity contribution in [2.75, 3.05) is 4.90 Å². The van der Waals surface area contributed by atoms with Gasteiger partial charge in [-0.25, -0.2) is 0 Å². The zero-order valence-corrected chi connectivity index (χ0v) is 52.7. The largest absolute Gasteiger partial charge is 0.457 e. The first-order chi connectivity index (χ1) is 42.2. The minimum atomic E-state index is -0.758. The van der Waals surface area contributed by atoms with Crippen molar-refractivity contribution in [3.63, 3.8) is 0 Å². The summed E-state index contributed by atoms with van der Waals surface area (Å²) in [6.45, 7) is 27.9. The average Bonchev–Trinajstić information content (AvgIpc) is 1.45. The molecular formula is C84H74N2O2. The van der Waals surface area contributed by atoms with E-state index < -0.39 is 10.8 Å². The molecule has 1 aromatic heterocycles. The number of aromatic nitrogens is 1. The van der Waals surface area contributed by atoms with E-state index >= 15 is 0 Å². The van der Waals surface area contributed by atoms with Crippen LogP contribution in [0, 0.1) is 0 Å². The predicted molar refractivity (Wildman–Crippen MR) is 365 cm³/mol. The highest BCUT2D eigenvalue weighted by molar-refractivity contribution is 6.10. The lowest BCUT2D eigenvalue weighted by atomic mass is 9.64. The summed E-state index contributed by atoms with van der Waals surface area (Å²) in [4.78, 5) is 2.61. The summed E-state index contributed by atoms with van der Waals surface area (Å²) < 4.78 is 16.9. The summed E-state index contributed by atoms with van der Waals surface area (Å²) in [7, 11) is 0. The quantitative estimate of drug-likeness (QED) is 0.176. The molecule has 0 saturated heterocycles. The molecule has 2 aliphatic heterocycles. The van der Waals surface area contributed by atoms with Crippen LogP contribution in [0.3, 0.4) is 0 Å². The van der Waals surface area contributed by atoms with Gasteiger partial charge in [0.25, 0.3) is 0 Å². The molecule has 12 aromatic rings. The van der Waals surface area contributed by atoms with Crippen LogP contribution in [0.1, 0.15) is 150 Å². The Morgan fingerprint density at radius 3 is 1.19 bits per heavy atom. The van der Waals surface area contributed by atoms with Crippen molar-refractivity contribution in [1.82, 2.24) is 4.57 Å². The normalized spacial score (nSPS) is 14.7. The van der Waals surface area contributed by atoms with E-state index in [-0.39, 0.29) is 21.7 Å². The van der Waals surface area contributed by atoms with Gasteiger partial charge in [0, 0.05) is 44.3 Å². The molecule has 0 N–H and O–H groups in total. The second-order valence-electron chi connectivity index (χ2n) is 29.3. The lowest BCUT2D eigenvalue weighted by Crippen LogP contribution is -2.33. The fourth-order valence-electron chi connectivity index (χ4n) is 15.5. The van der Waals surface area contributed by atoms with Gasteiger partial charge in [-0.3, -0.25) is 0 Å². The van der Waals surface area contributed by atoms with E-state index in [1.807, 2.05) is 0 Å². The van der Waals surface area contributed by atoms with Gasteiger partial charge in [-0.05, 0) is 174 Å². The number of benzene rings is 11. The van der Waals surface area contributed by atoms with Gasteiger partial charge in [-0.2, -0.15) is 0 Å². The van der Waals surface area contributed by atoms with Crippen LogP contribution in [-0.4, -0.2) is 4.57 Å². The van der Waals surface area contributed by atoms with E-state index in [9.17, 15) is 0 Å². The molecule has 4 heteroatoms. The molecule has 4 nitrogen and oxygen atoms in total. The van der Waals surface area contributed by atoms with Crippen LogP contribution in [0.25, 0.3) is 49.7 Å². The molecular weight excluding hydrogens is 1070 g/mol. The molecule has 432 valence electrons. The third-order valence-electron chi connectivity index (χ3n) is 20.0. The van der Waals surface area contributed by atoms with Crippen molar-refractivity contribution in [2.24, 2.45) is 0 Å². The summed E-state index contributed by atoms with van der Waals surface area (Å²) in [5.41, 5.74) is 24.1. The highest BCUT2D eigenvalue weighted by Gasteiger charge is 2.55. The number of anilines is 3. The summed E-state index contributed by atoms with van der Waals surface area (Å²) in [6.07, 6.45) is 0. The Kier molecular flexibility index (Phi) is 11.4. The van der Waals surface area contributed by atoms with Crippen molar-refractivity contribution in [3.05, 3.63) is 297 Å². The molecule has 2 spiro atoms. The van der Waals surface area contributed by atoms with Crippen LogP contribution in [0.2, 0.25) is 0 Å². The number of fused-ring (bicyclic) bond motifs is 21. The van der Waals surface area contributed by atoms with Crippen molar-refractivity contribution in [2.45, 2.75) is 116 Å². The lowest BCUT2D eigenvalue weighted by molar-refractivity contribution is 0.433. The van der Waals surface area contributed by atoms with Crippen LogP contribution in [0.4, 0.5) is 17.1 Å². The Labute approximate surface area is 518 Å². The number of rotatable bonds is 4. The molecule has 3 heterocycles. The third-order valence-corrected chi connectivity index (χ3v) is 20.0. The average molecular weight is 1140 g/mol. The van der Waals surface area contributed by atoms with E-state index in [4.69, 9.17) is 9.47 Å². The predicted octanol–water partition coefficient (Wildman–Crippen LogP) is 22.4. The Morgan fingerprint density at radius 1 is 0.307 bits per heavy atom. The van der Waals surface area contributed by atoms with Gasteiger partial charge in [-0.1, -0.05) is 223 Å². The van der Waals surface area contributed by atoms with Crippen LogP contribution < -0.4 is 14.4 Å². The molecule has 88 heavy (non-hydrogen) atoms. The SMILES string of the molecule is CC(C)(C)c1ccc2c(c1)C1(c3cc(C(C)(C)C)ccc3O2)c2ccccc2-c2ccc(N(c3ccccc3-n3c4ccccc4c4ccccc43)c3cccc4c3-c3ccccc3C43c4cc(C(C)(C)C)ccc4Oc4ccc(C(C)(C)C)cc43)cc21. The van der Waals surface area contributed by atoms with E-state index in [0.717, 1.165) is 79.0 Å². The standard InChI is InChI=1S/C84H74N2O2/c1-79(2,3)51-36-42-74-65(46-51)83(66-47-52(80(4,5)6)37-43-75(66)87-74)62-29-18-14-27-60(62)78-63(83)30-23-35-73(78)85(71-33-21-22-34-72(71)86-69-31-19-15-25-58(69)59-26-16-20-32-70(59)86)55-40-41-57-56-24-13-17-28-61(56)84(64(57)50-55)67-48-53(81(7,8)9)38-44-76(67)88-77-45-39-54(49-68(77)84)82(10,11)12/h13-50H,1-12H3. The Balaban J connectivity index is 1.05. The first-order valence-corrected chi connectivity index (χ1v) is 31.5. The first kappa shape index (κ1) is 54.0. The van der Waals surface area contributed by atoms with Gasteiger partial charge in [0.2, 0.25) is 0 Å². The molecule has 16 rings (SSSR count). The fourth-order valence-corrected chi connectivity index (χ4v) is 15.5. The summed E-state index contributed by atoms with van der Waals surface area (Å²) in [6, 6.07) is 87.7. The maximum absolute atomic E-state index is 7.19.